The molecular weight excluding hydrogens is 224 g/mol. The van der Waals surface area contributed by atoms with Crippen molar-refractivity contribution in [2.75, 3.05) is 19.6 Å². The van der Waals surface area contributed by atoms with Crippen molar-refractivity contribution >= 4 is 0 Å². The summed E-state index contributed by atoms with van der Waals surface area (Å²) in [6, 6.07) is 0.344. The van der Waals surface area contributed by atoms with E-state index >= 15 is 0 Å². The van der Waals surface area contributed by atoms with Crippen molar-refractivity contribution in [1.29, 1.82) is 0 Å². The van der Waals surface area contributed by atoms with Gasteiger partial charge in [-0.15, -0.1) is 0 Å². The summed E-state index contributed by atoms with van der Waals surface area (Å²) < 4.78 is 1.89. The Morgan fingerprint density at radius 2 is 2.11 bits per heavy atom. The van der Waals surface area contributed by atoms with Gasteiger partial charge in [-0.05, 0) is 38.8 Å². The SMILES string of the molecule is CCC1CCN(C(CN)c2cn(C)nc2C)CC1. The molecule has 4 heteroatoms. The number of piperidine rings is 1. The zero-order valence-electron chi connectivity index (χ0n) is 11.9. The van der Waals surface area contributed by atoms with E-state index in [1.165, 1.54) is 37.9 Å². The van der Waals surface area contributed by atoms with Gasteiger partial charge in [0, 0.05) is 25.4 Å². The Hall–Kier alpha value is -0.870. The molecule has 0 aromatic carbocycles. The second-order valence-corrected chi connectivity index (χ2v) is 5.48. The summed E-state index contributed by atoms with van der Waals surface area (Å²) in [5, 5.41) is 4.44. The molecule has 0 radical (unpaired) electrons. The molecule has 102 valence electrons. The number of aromatic nitrogens is 2. The third-order valence-electron chi connectivity index (χ3n) is 4.30. The van der Waals surface area contributed by atoms with Gasteiger partial charge in [-0.25, -0.2) is 0 Å². The molecule has 1 aliphatic heterocycles. The van der Waals surface area contributed by atoms with Gasteiger partial charge in [0.25, 0.3) is 0 Å². The molecule has 0 bridgehead atoms. The number of nitrogens with two attached hydrogens (primary N) is 1. The standard InChI is InChI=1S/C14H26N4/c1-4-12-5-7-18(8-6-12)14(9-15)13-10-17(3)16-11(13)2/h10,12,14H,4-9,15H2,1-3H3. The number of aryl methyl sites for hydroxylation is 2. The zero-order valence-corrected chi connectivity index (χ0v) is 11.9. The average Bonchev–Trinajstić information content (AvgIpc) is 2.70. The molecule has 1 saturated heterocycles. The van der Waals surface area contributed by atoms with Gasteiger partial charge in [-0.3, -0.25) is 9.58 Å². The number of likely N-dealkylation sites (tertiary alicyclic amines) is 1. The summed E-state index contributed by atoms with van der Waals surface area (Å²) in [5.74, 6) is 0.912. The van der Waals surface area contributed by atoms with Crippen molar-refractivity contribution in [3.05, 3.63) is 17.5 Å². The third kappa shape index (κ3) is 2.75. The molecule has 1 aliphatic rings. The van der Waals surface area contributed by atoms with Crippen molar-refractivity contribution in [2.24, 2.45) is 18.7 Å². The van der Waals surface area contributed by atoms with Crippen LogP contribution in [-0.2, 0) is 7.05 Å². The topological polar surface area (TPSA) is 47.1 Å². The summed E-state index contributed by atoms with van der Waals surface area (Å²) in [5.41, 5.74) is 8.42. The van der Waals surface area contributed by atoms with Crippen LogP contribution in [-0.4, -0.2) is 34.3 Å². The molecule has 0 saturated carbocycles. The molecule has 2 rings (SSSR count). The maximum Gasteiger partial charge on any atom is 0.0641 e. The van der Waals surface area contributed by atoms with E-state index in [1.807, 2.05) is 11.7 Å². The van der Waals surface area contributed by atoms with Crippen LogP contribution in [0.25, 0.3) is 0 Å². The summed E-state index contributed by atoms with van der Waals surface area (Å²) in [6.45, 7) is 7.41. The Balaban J connectivity index is 2.08. The molecule has 1 atom stereocenters. The lowest BCUT2D eigenvalue weighted by atomic mass is 9.92. The minimum atomic E-state index is 0.344. The molecule has 1 aromatic rings. The smallest absolute Gasteiger partial charge is 0.0641 e. The summed E-state index contributed by atoms with van der Waals surface area (Å²) in [7, 11) is 1.98. The van der Waals surface area contributed by atoms with Gasteiger partial charge in [-0.2, -0.15) is 5.10 Å². The number of nitrogens with zero attached hydrogens (tertiary/aromatic N) is 3. The highest BCUT2D eigenvalue weighted by Gasteiger charge is 2.26. The average molecular weight is 250 g/mol. The number of hydrogen-bond acceptors (Lipinski definition) is 3. The fourth-order valence-electron chi connectivity index (χ4n) is 3.09. The first-order chi connectivity index (χ1) is 8.65. The van der Waals surface area contributed by atoms with Crippen molar-refractivity contribution < 1.29 is 0 Å². The Labute approximate surface area is 110 Å². The lowest BCUT2D eigenvalue weighted by Crippen LogP contribution is -2.39. The van der Waals surface area contributed by atoms with E-state index < -0.39 is 0 Å². The predicted molar refractivity (Wildman–Crippen MR) is 74.3 cm³/mol. The summed E-state index contributed by atoms with van der Waals surface area (Å²) in [4.78, 5) is 2.54. The van der Waals surface area contributed by atoms with E-state index in [4.69, 9.17) is 5.73 Å². The highest BCUT2D eigenvalue weighted by atomic mass is 15.3. The molecule has 18 heavy (non-hydrogen) atoms. The molecule has 2 N–H and O–H groups in total. The number of hydrogen-bond donors (Lipinski definition) is 1. The fourth-order valence-corrected chi connectivity index (χ4v) is 3.09. The second kappa shape index (κ2) is 5.85. The van der Waals surface area contributed by atoms with Gasteiger partial charge in [0.1, 0.15) is 0 Å². The van der Waals surface area contributed by atoms with E-state index in [1.54, 1.807) is 0 Å². The molecular formula is C14H26N4. The van der Waals surface area contributed by atoms with E-state index in [0.717, 1.165) is 11.6 Å². The fraction of sp³-hybridized carbons (Fsp3) is 0.786. The van der Waals surface area contributed by atoms with Crippen LogP contribution in [0, 0.1) is 12.8 Å². The predicted octanol–water partition coefficient (Wildman–Crippen LogP) is 1.85. The lowest BCUT2D eigenvalue weighted by Gasteiger charge is -2.36. The van der Waals surface area contributed by atoms with E-state index in [2.05, 4.69) is 30.0 Å². The van der Waals surface area contributed by atoms with Crippen LogP contribution >= 0.6 is 0 Å². The van der Waals surface area contributed by atoms with Crippen LogP contribution in [0.15, 0.2) is 6.20 Å². The van der Waals surface area contributed by atoms with Crippen LogP contribution in [0.4, 0.5) is 0 Å². The first-order valence-electron chi connectivity index (χ1n) is 7.10. The lowest BCUT2D eigenvalue weighted by molar-refractivity contribution is 0.133. The van der Waals surface area contributed by atoms with Crippen LogP contribution in [0.1, 0.15) is 43.5 Å². The van der Waals surface area contributed by atoms with Gasteiger partial charge < -0.3 is 5.73 Å². The third-order valence-corrected chi connectivity index (χ3v) is 4.30. The van der Waals surface area contributed by atoms with Crippen LogP contribution in [0.5, 0.6) is 0 Å². The molecule has 1 aromatic heterocycles. The van der Waals surface area contributed by atoms with Gasteiger partial charge in [0.05, 0.1) is 11.7 Å². The molecule has 1 unspecified atom stereocenters. The van der Waals surface area contributed by atoms with Gasteiger partial charge in [0.15, 0.2) is 0 Å². The van der Waals surface area contributed by atoms with Crippen LogP contribution in [0.3, 0.4) is 0 Å². The van der Waals surface area contributed by atoms with Gasteiger partial charge in [0.2, 0.25) is 0 Å². The molecule has 0 spiro atoms. The zero-order chi connectivity index (χ0) is 13.1. The van der Waals surface area contributed by atoms with Crippen LogP contribution < -0.4 is 5.73 Å². The van der Waals surface area contributed by atoms with Crippen molar-refractivity contribution in [3.63, 3.8) is 0 Å². The molecule has 4 nitrogen and oxygen atoms in total. The Bertz CT molecular complexity index is 377. The van der Waals surface area contributed by atoms with Gasteiger partial charge >= 0.3 is 0 Å². The molecule has 0 aliphatic carbocycles. The van der Waals surface area contributed by atoms with Crippen LogP contribution in [0.2, 0.25) is 0 Å². The number of rotatable bonds is 4. The normalized spacial score (nSPS) is 20.2. The molecule has 0 amide bonds. The first kappa shape index (κ1) is 13.6. The first-order valence-corrected chi connectivity index (χ1v) is 7.10. The highest BCUT2D eigenvalue weighted by molar-refractivity contribution is 5.20. The summed E-state index contributed by atoms with van der Waals surface area (Å²) in [6.07, 6.45) is 6.06. The van der Waals surface area contributed by atoms with E-state index in [-0.39, 0.29) is 0 Å². The molecule has 2 heterocycles. The van der Waals surface area contributed by atoms with Crippen molar-refractivity contribution in [3.8, 4) is 0 Å². The quantitative estimate of drug-likeness (QED) is 0.887. The maximum absolute atomic E-state index is 6.00. The Kier molecular flexibility index (Phi) is 4.40. The maximum atomic E-state index is 6.00. The Morgan fingerprint density at radius 1 is 1.44 bits per heavy atom. The monoisotopic (exact) mass is 250 g/mol. The van der Waals surface area contributed by atoms with Crippen molar-refractivity contribution in [1.82, 2.24) is 14.7 Å². The van der Waals surface area contributed by atoms with Crippen molar-refractivity contribution in [2.45, 2.75) is 39.2 Å². The van der Waals surface area contributed by atoms with E-state index in [0.29, 0.717) is 12.6 Å². The molecule has 1 fully saturated rings. The second-order valence-electron chi connectivity index (χ2n) is 5.48. The highest BCUT2D eigenvalue weighted by Crippen LogP contribution is 2.28. The van der Waals surface area contributed by atoms with E-state index in [9.17, 15) is 0 Å². The largest absolute Gasteiger partial charge is 0.329 e. The minimum Gasteiger partial charge on any atom is -0.329 e. The van der Waals surface area contributed by atoms with Gasteiger partial charge in [-0.1, -0.05) is 13.3 Å². The minimum absolute atomic E-state index is 0.344. The summed E-state index contributed by atoms with van der Waals surface area (Å²) >= 11 is 0. The Morgan fingerprint density at radius 3 is 2.56 bits per heavy atom.